The summed E-state index contributed by atoms with van der Waals surface area (Å²) < 4.78 is 60.7. The molecule has 0 aliphatic rings. The largest absolute Gasteiger partial charge is 0.505 e. The number of nitrogen functional groups attached to an aromatic ring is 4. The molecule has 0 saturated carbocycles. The van der Waals surface area contributed by atoms with E-state index in [0.29, 0.717) is 16.9 Å². The van der Waals surface area contributed by atoms with E-state index in [9.17, 15) is 26.7 Å². The molecule has 0 heterocycles. The number of phenols is 1. The van der Waals surface area contributed by atoms with Gasteiger partial charge in [-0.1, -0.05) is 24.3 Å². The summed E-state index contributed by atoms with van der Waals surface area (Å²) in [6, 6.07) is 15.7. The molecular formula is C24H26N4O9S2. The minimum Gasteiger partial charge on any atom is -0.505 e. The van der Waals surface area contributed by atoms with Gasteiger partial charge in [-0.2, -0.15) is 16.8 Å². The fourth-order valence-corrected chi connectivity index (χ4v) is 4.44. The van der Waals surface area contributed by atoms with Gasteiger partial charge in [-0.05, 0) is 55.0 Å². The second-order valence-electron chi connectivity index (χ2n) is 7.93. The van der Waals surface area contributed by atoms with Crippen molar-refractivity contribution in [3.63, 3.8) is 0 Å². The summed E-state index contributed by atoms with van der Waals surface area (Å²) >= 11 is 0. The molecule has 0 bridgehead atoms. The van der Waals surface area contributed by atoms with Crippen molar-refractivity contribution in [3.8, 4) is 5.75 Å². The number of phenolic OH excluding ortho intramolecular Hbond substituents is 1. The van der Waals surface area contributed by atoms with Crippen LogP contribution in [0.15, 0.2) is 76.5 Å². The molecule has 0 radical (unpaired) electrons. The summed E-state index contributed by atoms with van der Waals surface area (Å²) in [5.74, 6) is -1.24. The number of carboxylic acids is 1. The molecule has 4 rings (SSSR count). The van der Waals surface area contributed by atoms with Gasteiger partial charge in [0.1, 0.15) is 10.6 Å². The molecule has 39 heavy (non-hydrogen) atoms. The van der Waals surface area contributed by atoms with Gasteiger partial charge in [-0.3, -0.25) is 9.11 Å². The Labute approximate surface area is 223 Å². The van der Waals surface area contributed by atoms with Gasteiger partial charge in [0.05, 0.1) is 16.1 Å². The van der Waals surface area contributed by atoms with E-state index < -0.39 is 26.2 Å². The van der Waals surface area contributed by atoms with Crippen LogP contribution in [0.1, 0.15) is 15.9 Å². The van der Waals surface area contributed by atoms with Gasteiger partial charge in [0.25, 0.3) is 20.2 Å². The topological polar surface area (TPSA) is 270 Å². The predicted molar refractivity (Wildman–Crippen MR) is 147 cm³/mol. The van der Waals surface area contributed by atoms with E-state index in [0.717, 1.165) is 6.07 Å². The monoisotopic (exact) mass is 578 g/mol. The maximum Gasteiger partial charge on any atom is 0.338 e. The molecule has 0 fully saturated rings. The van der Waals surface area contributed by atoms with E-state index in [1.54, 1.807) is 25.1 Å². The van der Waals surface area contributed by atoms with Crippen LogP contribution in [0.25, 0.3) is 10.8 Å². The third kappa shape index (κ3) is 7.71. The average molecular weight is 579 g/mol. The zero-order valence-corrected chi connectivity index (χ0v) is 21.9. The smallest absolute Gasteiger partial charge is 0.338 e. The van der Waals surface area contributed by atoms with Crippen molar-refractivity contribution in [2.24, 2.45) is 0 Å². The number of benzene rings is 4. The van der Waals surface area contributed by atoms with Crippen molar-refractivity contribution in [2.75, 3.05) is 22.9 Å². The minimum atomic E-state index is -4.36. The van der Waals surface area contributed by atoms with E-state index in [1.807, 2.05) is 0 Å². The molecule has 0 aromatic heterocycles. The van der Waals surface area contributed by atoms with Crippen LogP contribution >= 0.6 is 0 Å². The van der Waals surface area contributed by atoms with Gasteiger partial charge in [0.15, 0.2) is 0 Å². The molecule has 0 amide bonds. The van der Waals surface area contributed by atoms with Crippen LogP contribution < -0.4 is 22.9 Å². The summed E-state index contributed by atoms with van der Waals surface area (Å²) in [5.41, 5.74) is 23.4. The Balaban J connectivity index is 0.000000210. The van der Waals surface area contributed by atoms with Gasteiger partial charge < -0.3 is 33.1 Å². The van der Waals surface area contributed by atoms with E-state index in [1.165, 1.54) is 42.5 Å². The number of aromatic carboxylic acids is 1. The van der Waals surface area contributed by atoms with Crippen LogP contribution in [0.2, 0.25) is 0 Å². The lowest BCUT2D eigenvalue weighted by molar-refractivity contribution is 0.0697. The first-order valence-corrected chi connectivity index (χ1v) is 13.5. The Bertz CT molecular complexity index is 1740. The highest BCUT2D eigenvalue weighted by molar-refractivity contribution is 7.86. The number of carbonyl (C=O) groups is 1. The van der Waals surface area contributed by atoms with E-state index in [2.05, 4.69) is 0 Å². The fraction of sp³-hybridized carbons (Fsp3) is 0.0417. The quantitative estimate of drug-likeness (QED) is 0.0987. The number of hydrogen-bond donors (Lipinski definition) is 8. The lowest BCUT2D eigenvalue weighted by atomic mass is 10.1. The van der Waals surface area contributed by atoms with Crippen molar-refractivity contribution >= 4 is 59.7 Å². The molecule has 15 heteroatoms. The molecule has 0 aliphatic heterocycles. The highest BCUT2D eigenvalue weighted by atomic mass is 32.2. The van der Waals surface area contributed by atoms with Crippen LogP contribution in [0.3, 0.4) is 0 Å². The normalized spacial score (nSPS) is 11.1. The number of rotatable bonds is 3. The lowest BCUT2D eigenvalue weighted by Gasteiger charge is -2.08. The maximum atomic E-state index is 11.1. The second-order valence-corrected chi connectivity index (χ2v) is 10.7. The molecule has 0 atom stereocenters. The van der Waals surface area contributed by atoms with Crippen LogP contribution in [-0.2, 0) is 20.2 Å². The summed E-state index contributed by atoms with van der Waals surface area (Å²) in [7, 11) is -8.43. The Morgan fingerprint density at radius 1 is 0.718 bits per heavy atom. The molecule has 0 unspecified atom stereocenters. The third-order valence-corrected chi connectivity index (χ3v) is 6.98. The molecule has 0 aliphatic carbocycles. The number of nitrogens with two attached hydrogens (primary N) is 4. The minimum absolute atomic E-state index is 0.0914. The number of anilines is 4. The molecule has 4 aromatic rings. The Morgan fingerprint density at radius 3 is 1.69 bits per heavy atom. The second kappa shape index (κ2) is 11.9. The van der Waals surface area contributed by atoms with Crippen LogP contribution in [-0.4, -0.2) is 42.1 Å². The zero-order chi connectivity index (χ0) is 29.7. The van der Waals surface area contributed by atoms with Gasteiger partial charge in [0.2, 0.25) is 0 Å². The van der Waals surface area contributed by atoms with E-state index >= 15 is 0 Å². The summed E-state index contributed by atoms with van der Waals surface area (Å²) in [5, 5.41) is 18.9. The predicted octanol–water partition coefficient (Wildman–Crippen LogP) is 2.75. The summed E-state index contributed by atoms with van der Waals surface area (Å²) in [6.45, 7) is 1.63. The first-order valence-electron chi connectivity index (χ1n) is 10.6. The molecular weight excluding hydrogens is 552 g/mol. The third-order valence-electron chi connectivity index (χ3n) is 5.22. The van der Waals surface area contributed by atoms with Gasteiger partial charge in [-0.25, -0.2) is 4.79 Å². The maximum absolute atomic E-state index is 11.1. The highest BCUT2D eigenvalue weighted by Crippen LogP contribution is 2.35. The molecule has 13 nitrogen and oxygen atoms in total. The van der Waals surface area contributed by atoms with Gasteiger partial charge >= 0.3 is 5.97 Å². The summed E-state index contributed by atoms with van der Waals surface area (Å²) in [4.78, 5) is 10.2. The number of fused-ring (bicyclic) bond motifs is 1. The zero-order valence-electron chi connectivity index (χ0n) is 20.3. The van der Waals surface area contributed by atoms with E-state index in [4.69, 9.17) is 37.1 Å². The van der Waals surface area contributed by atoms with Gasteiger partial charge in [0, 0.05) is 27.8 Å². The Kier molecular flexibility index (Phi) is 9.33. The molecule has 12 N–H and O–H groups in total. The van der Waals surface area contributed by atoms with Crippen LogP contribution in [0.5, 0.6) is 5.75 Å². The molecule has 0 saturated heterocycles. The fourth-order valence-electron chi connectivity index (χ4n) is 3.23. The standard InChI is InChI=1S/C10H9NO4S.C8H10N2O2.C6H7NO3S/c11-8-5-9(16(13,14)15)6-3-1-2-4-7(6)10(8)12;1-4-5(9)2-3-6(10)7(4)8(11)12;7-5-1-3-6(4-2-5)11(8,9)10/h1-5,12H,11H2,(H,13,14,15);2-3H,9-10H2,1H3,(H,11,12);1-4H,7H2,(H,8,9,10). The number of hydrogen-bond acceptors (Lipinski definition) is 10. The Morgan fingerprint density at radius 2 is 1.23 bits per heavy atom. The highest BCUT2D eigenvalue weighted by Gasteiger charge is 2.18. The number of carboxylic acid groups (broad SMARTS) is 1. The van der Waals surface area contributed by atoms with Crippen molar-refractivity contribution in [2.45, 2.75) is 16.7 Å². The molecule has 208 valence electrons. The first-order chi connectivity index (χ1) is 17.9. The van der Waals surface area contributed by atoms with Crippen LogP contribution in [0, 0.1) is 6.92 Å². The first kappa shape index (κ1) is 30.7. The van der Waals surface area contributed by atoms with Crippen molar-refractivity contribution < 1.29 is 40.9 Å². The van der Waals surface area contributed by atoms with Crippen LogP contribution in [0.4, 0.5) is 22.7 Å². The lowest BCUT2D eigenvalue weighted by Crippen LogP contribution is -2.06. The van der Waals surface area contributed by atoms with Crippen molar-refractivity contribution in [1.82, 2.24) is 0 Å². The SMILES string of the molecule is Cc1c(N)ccc(N)c1C(=O)O.Nc1cc(S(=O)(=O)O)c2ccccc2c1O.Nc1ccc(S(=O)(=O)O)cc1. The number of aromatic hydroxyl groups is 1. The van der Waals surface area contributed by atoms with Crippen molar-refractivity contribution in [3.05, 3.63) is 77.9 Å². The van der Waals surface area contributed by atoms with Gasteiger partial charge in [-0.15, -0.1) is 0 Å². The molecule has 0 spiro atoms. The average Bonchev–Trinajstić information content (AvgIpc) is 2.84. The van der Waals surface area contributed by atoms with Crippen molar-refractivity contribution in [1.29, 1.82) is 0 Å². The van der Waals surface area contributed by atoms with E-state index in [-0.39, 0.29) is 43.3 Å². The molecule has 4 aromatic carbocycles. The Hall–Kier alpha value is -4.57. The summed E-state index contributed by atoms with van der Waals surface area (Å²) in [6.07, 6.45) is 0.